The highest BCUT2D eigenvalue weighted by molar-refractivity contribution is 6.15. The number of cyclic esters (lactones) is 2. The summed E-state index contributed by atoms with van der Waals surface area (Å²) < 4.78 is 50.4. The number of alkyl halides is 3. The molecule has 1 atom stereocenters. The van der Waals surface area contributed by atoms with Gasteiger partial charge >= 0.3 is 18.1 Å². The lowest BCUT2D eigenvalue weighted by Crippen LogP contribution is -2.50. The van der Waals surface area contributed by atoms with Crippen molar-refractivity contribution in [3.8, 4) is 0 Å². The smallest absolute Gasteiger partial charge is 0.416 e. The molecular formula is C33H44F3N2O4+. The number of carbonyl (C=O) groups is 2. The Kier molecular flexibility index (Phi) is 11.6. The highest BCUT2D eigenvalue weighted by Gasteiger charge is 2.42. The summed E-state index contributed by atoms with van der Waals surface area (Å²) >= 11 is 0. The highest BCUT2D eigenvalue weighted by Crippen LogP contribution is 2.32. The van der Waals surface area contributed by atoms with Gasteiger partial charge in [-0.3, -0.25) is 0 Å². The first-order valence-electron chi connectivity index (χ1n) is 15.0. The fraction of sp³-hybridized carbons (Fsp3) is 0.515. The molecule has 3 rings (SSSR count). The molecule has 230 valence electrons. The van der Waals surface area contributed by atoms with Crippen molar-refractivity contribution in [2.24, 2.45) is 0 Å². The van der Waals surface area contributed by atoms with E-state index in [4.69, 9.17) is 9.47 Å². The van der Waals surface area contributed by atoms with E-state index in [9.17, 15) is 22.8 Å². The van der Waals surface area contributed by atoms with Crippen molar-refractivity contribution in [3.05, 3.63) is 77.0 Å². The Morgan fingerprint density at radius 2 is 1.33 bits per heavy atom. The number of halogens is 3. The van der Waals surface area contributed by atoms with Crippen LogP contribution in [0.1, 0.15) is 95.8 Å². The Bertz CT molecular complexity index is 1190. The standard InChI is InChI=1S/C33H44F3N2O4/c1-5-7-9-10-12-22-38(24-29-30(39)41-32(3,4)42-31(29)40,37-28-20-18-27(19-21-28)33(34,35)36)23-26-16-14-25(15-17-26)13-11-8-6-2/h14-21,24,37H,5-13,22-23H2,1-4H3/q+1. The topological polar surface area (TPSA) is 64.6 Å². The zero-order valence-electron chi connectivity index (χ0n) is 25.2. The zero-order valence-corrected chi connectivity index (χ0v) is 25.2. The number of nitrogens with zero attached hydrogens (tertiary/aromatic N) is 1. The second-order valence-electron chi connectivity index (χ2n) is 11.5. The van der Waals surface area contributed by atoms with Gasteiger partial charge in [-0.05, 0) is 55.5 Å². The number of anilines is 1. The average Bonchev–Trinajstić information content (AvgIpc) is 2.91. The van der Waals surface area contributed by atoms with Crippen LogP contribution in [0.25, 0.3) is 0 Å². The van der Waals surface area contributed by atoms with Crippen LogP contribution in [0.4, 0.5) is 18.9 Å². The molecule has 2 aromatic rings. The number of aryl methyl sites for hydroxylation is 1. The van der Waals surface area contributed by atoms with Gasteiger partial charge in [0.1, 0.15) is 19.3 Å². The van der Waals surface area contributed by atoms with Crippen LogP contribution in [-0.4, -0.2) is 28.9 Å². The van der Waals surface area contributed by atoms with Crippen LogP contribution in [0.3, 0.4) is 0 Å². The molecule has 1 unspecified atom stereocenters. The molecule has 0 radical (unpaired) electrons. The number of rotatable bonds is 15. The molecule has 0 aliphatic carbocycles. The van der Waals surface area contributed by atoms with E-state index in [1.807, 2.05) is 12.1 Å². The molecule has 1 aliphatic rings. The number of unbranched alkanes of at least 4 members (excludes halogenated alkanes) is 6. The lowest BCUT2D eigenvalue weighted by molar-refractivity contribution is -0.872. The maximum Gasteiger partial charge on any atom is 0.416 e. The summed E-state index contributed by atoms with van der Waals surface area (Å²) in [5.41, 5.74) is 4.93. The summed E-state index contributed by atoms with van der Waals surface area (Å²) in [6.45, 7) is 8.06. The quantitative estimate of drug-likeness (QED) is 0.0564. The minimum absolute atomic E-state index is 0.0906. The molecule has 0 aromatic heterocycles. The van der Waals surface area contributed by atoms with Crippen molar-refractivity contribution >= 4 is 17.6 Å². The molecule has 1 saturated heterocycles. The predicted octanol–water partition coefficient (Wildman–Crippen LogP) is 8.47. The van der Waals surface area contributed by atoms with Crippen LogP contribution >= 0.6 is 0 Å². The predicted molar refractivity (Wildman–Crippen MR) is 157 cm³/mol. The van der Waals surface area contributed by atoms with E-state index in [1.54, 1.807) is 0 Å². The van der Waals surface area contributed by atoms with Crippen LogP contribution in [0.2, 0.25) is 0 Å². The number of hydrogen-bond acceptors (Lipinski definition) is 5. The molecule has 0 amide bonds. The number of esters is 2. The number of nitrogens with one attached hydrogen (secondary N) is 1. The van der Waals surface area contributed by atoms with E-state index in [0.717, 1.165) is 75.5 Å². The van der Waals surface area contributed by atoms with Crippen molar-refractivity contribution in [3.63, 3.8) is 0 Å². The van der Waals surface area contributed by atoms with Crippen LogP contribution in [0.5, 0.6) is 0 Å². The van der Waals surface area contributed by atoms with Gasteiger partial charge in [-0.1, -0.05) is 70.2 Å². The zero-order chi connectivity index (χ0) is 30.8. The van der Waals surface area contributed by atoms with E-state index in [1.165, 1.54) is 37.7 Å². The lowest BCUT2D eigenvalue weighted by atomic mass is 10.0. The number of ether oxygens (including phenoxy) is 2. The first-order chi connectivity index (χ1) is 19.9. The Labute approximate surface area is 247 Å². The third kappa shape index (κ3) is 9.89. The summed E-state index contributed by atoms with van der Waals surface area (Å²) in [6, 6.07) is 13.0. The largest absolute Gasteiger partial charge is 0.419 e. The van der Waals surface area contributed by atoms with Crippen molar-refractivity contribution in [1.82, 2.24) is 0 Å². The Morgan fingerprint density at radius 3 is 1.90 bits per heavy atom. The second kappa shape index (κ2) is 14.7. The molecule has 42 heavy (non-hydrogen) atoms. The highest BCUT2D eigenvalue weighted by atomic mass is 19.4. The van der Waals surface area contributed by atoms with Gasteiger partial charge in [0.05, 0.1) is 11.3 Å². The van der Waals surface area contributed by atoms with E-state index in [0.29, 0.717) is 18.8 Å². The second-order valence-corrected chi connectivity index (χ2v) is 11.5. The van der Waals surface area contributed by atoms with Gasteiger partial charge in [0, 0.05) is 19.4 Å². The van der Waals surface area contributed by atoms with E-state index in [-0.39, 0.29) is 10.2 Å². The van der Waals surface area contributed by atoms with Gasteiger partial charge in [-0.2, -0.15) is 17.8 Å². The number of carbonyl (C=O) groups excluding carboxylic acids is 2. The molecule has 1 N–H and O–H groups in total. The molecule has 1 aliphatic heterocycles. The number of benzene rings is 2. The maximum atomic E-state index is 13.3. The average molecular weight is 590 g/mol. The summed E-state index contributed by atoms with van der Waals surface area (Å²) in [5.74, 6) is -2.99. The first-order valence-corrected chi connectivity index (χ1v) is 15.0. The van der Waals surface area contributed by atoms with Gasteiger partial charge in [-0.15, -0.1) is 0 Å². The monoisotopic (exact) mass is 589 g/mol. The van der Waals surface area contributed by atoms with Crippen LogP contribution in [0, 0.1) is 0 Å². The van der Waals surface area contributed by atoms with E-state index in [2.05, 4.69) is 31.4 Å². The lowest BCUT2D eigenvalue weighted by Gasteiger charge is -2.37. The van der Waals surface area contributed by atoms with Crippen molar-refractivity contribution < 1.29 is 36.8 Å². The first kappa shape index (κ1) is 33.2. The fourth-order valence-electron chi connectivity index (χ4n) is 5.03. The third-order valence-electron chi connectivity index (χ3n) is 7.27. The summed E-state index contributed by atoms with van der Waals surface area (Å²) in [6.07, 6.45) is 6.29. The summed E-state index contributed by atoms with van der Waals surface area (Å²) in [7, 11) is 0. The number of hydrogen-bond donors (Lipinski definition) is 1. The van der Waals surface area contributed by atoms with Crippen molar-refractivity contribution in [2.75, 3.05) is 12.0 Å². The summed E-state index contributed by atoms with van der Waals surface area (Å²) in [5, 5.41) is 0. The van der Waals surface area contributed by atoms with E-state index < -0.39 is 29.5 Å². The normalized spacial score (nSPS) is 16.4. The third-order valence-corrected chi connectivity index (χ3v) is 7.27. The van der Waals surface area contributed by atoms with Gasteiger partial charge < -0.3 is 9.47 Å². The molecule has 1 fully saturated rings. The van der Waals surface area contributed by atoms with Crippen LogP contribution in [0.15, 0.2) is 60.3 Å². The molecule has 0 spiro atoms. The fourth-order valence-corrected chi connectivity index (χ4v) is 5.03. The van der Waals surface area contributed by atoms with Crippen LogP contribution < -0.4 is 5.43 Å². The molecule has 0 saturated carbocycles. The van der Waals surface area contributed by atoms with Gasteiger partial charge in [0.25, 0.3) is 5.79 Å². The van der Waals surface area contributed by atoms with Gasteiger partial charge in [-0.25, -0.2) is 15.0 Å². The van der Waals surface area contributed by atoms with E-state index >= 15 is 0 Å². The molecule has 9 heteroatoms. The Balaban J connectivity index is 2.02. The summed E-state index contributed by atoms with van der Waals surface area (Å²) in [4.78, 5) is 26.0. The molecule has 0 bridgehead atoms. The molecule has 2 aromatic carbocycles. The molecule has 1 heterocycles. The minimum atomic E-state index is -4.47. The number of quaternary nitrogens is 1. The Morgan fingerprint density at radius 1 is 0.786 bits per heavy atom. The van der Waals surface area contributed by atoms with Crippen molar-refractivity contribution in [2.45, 2.75) is 104 Å². The molecular weight excluding hydrogens is 545 g/mol. The molecule has 6 nitrogen and oxygen atoms in total. The SMILES string of the molecule is CCCCCCC[N+](C=C1C(=O)OC(C)(C)OC1=O)(Cc1ccc(CCCCC)cc1)Nc1ccc(C(F)(F)F)cc1. The van der Waals surface area contributed by atoms with Gasteiger partial charge in [0.15, 0.2) is 5.57 Å². The van der Waals surface area contributed by atoms with Crippen LogP contribution in [-0.2, 0) is 38.2 Å². The van der Waals surface area contributed by atoms with Gasteiger partial charge in [0.2, 0.25) is 0 Å². The Hall–Kier alpha value is -3.33. The maximum absolute atomic E-state index is 13.3. The van der Waals surface area contributed by atoms with Crippen molar-refractivity contribution in [1.29, 1.82) is 0 Å². The minimum Gasteiger partial charge on any atom is -0.419 e.